The van der Waals surface area contributed by atoms with Crippen molar-refractivity contribution in [3.63, 3.8) is 0 Å². The maximum Gasteiger partial charge on any atom is 0.163 e. The summed E-state index contributed by atoms with van der Waals surface area (Å²) in [6, 6.07) is 2.21. The smallest absolute Gasteiger partial charge is 0.163 e. The van der Waals surface area contributed by atoms with Crippen molar-refractivity contribution in [2.24, 2.45) is 5.92 Å². The highest BCUT2D eigenvalue weighted by atomic mass is 16.8. The lowest BCUT2D eigenvalue weighted by atomic mass is 10.1. The van der Waals surface area contributed by atoms with Gasteiger partial charge in [-0.1, -0.05) is 0 Å². The molecule has 1 saturated carbocycles. The molecule has 0 bridgehead atoms. The molecular weight excluding hydrogens is 166 g/mol. The van der Waals surface area contributed by atoms with Gasteiger partial charge < -0.3 is 9.47 Å². The fourth-order valence-electron chi connectivity index (χ4n) is 2.36. The molecule has 0 N–H and O–H groups in total. The van der Waals surface area contributed by atoms with Crippen LogP contribution in [0.5, 0.6) is 0 Å². The van der Waals surface area contributed by atoms with Crippen molar-refractivity contribution in [3.8, 4) is 6.07 Å². The summed E-state index contributed by atoms with van der Waals surface area (Å²) in [5.74, 6) is 0.0727. The summed E-state index contributed by atoms with van der Waals surface area (Å²) in [6.07, 6.45) is 3.07. The zero-order chi connectivity index (χ0) is 9.47. The van der Waals surface area contributed by atoms with Crippen molar-refractivity contribution >= 4 is 0 Å². The van der Waals surface area contributed by atoms with Crippen LogP contribution >= 0.6 is 0 Å². The lowest BCUT2D eigenvalue weighted by molar-refractivity contribution is -0.153. The van der Waals surface area contributed by atoms with Crippen LogP contribution in [0.15, 0.2) is 0 Å². The predicted molar refractivity (Wildman–Crippen MR) is 46.8 cm³/mol. The highest BCUT2D eigenvalue weighted by Gasteiger charge is 2.46. The molecule has 1 saturated heterocycles. The van der Waals surface area contributed by atoms with Gasteiger partial charge in [0.2, 0.25) is 0 Å². The van der Waals surface area contributed by atoms with E-state index in [-0.39, 0.29) is 12.2 Å². The van der Waals surface area contributed by atoms with E-state index in [2.05, 4.69) is 6.07 Å². The van der Waals surface area contributed by atoms with Gasteiger partial charge in [-0.25, -0.2) is 0 Å². The van der Waals surface area contributed by atoms with E-state index < -0.39 is 5.79 Å². The van der Waals surface area contributed by atoms with Crippen LogP contribution in [-0.4, -0.2) is 18.0 Å². The van der Waals surface area contributed by atoms with Crippen LogP contribution in [0.3, 0.4) is 0 Å². The maximum atomic E-state index is 8.56. The summed E-state index contributed by atoms with van der Waals surface area (Å²) < 4.78 is 11.4. The Bertz CT molecular complexity index is 228. The molecule has 72 valence electrons. The van der Waals surface area contributed by atoms with Gasteiger partial charge in [0, 0.05) is 6.42 Å². The fourth-order valence-corrected chi connectivity index (χ4v) is 2.36. The van der Waals surface area contributed by atoms with Crippen LogP contribution in [-0.2, 0) is 9.47 Å². The summed E-state index contributed by atoms with van der Waals surface area (Å²) in [5, 5.41) is 8.56. The first-order valence-electron chi connectivity index (χ1n) is 4.83. The average Bonchev–Trinajstić information content (AvgIpc) is 2.41. The number of hydrogen-bond donors (Lipinski definition) is 0. The van der Waals surface area contributed by atoms with E-state index in [1.807, 2.05) is 13.8 Å². The predicted octanol–water partition coefficient (Wildman–Crippen LogP) is 1.83. The van der Waals surface area contributed by atoms with Crippen LogP contribution in [0.2, 0.25) is 0 Å². The quantitative estimate of drug-likeness (QED) is 0.619. The van der Waals surface area contributed by atoms with E-state index in [4.69, 9.17) is 14.7 Å². The second-order valence-electron chi connectivity index (χ2n) is 4.41. The fraction of sp³-hybridized carbons (Fsp3) is 0.900. The molecule has 1 aliphatic carbocycles. The zero-order valence-corrected chi connectivity index (χ0v) is 8.12. The first kappa shape index (κ1) is 8.98. The average molecular weight is 181 g/mol. The summed E-state index contributed by atoms with van der Waals surface area (Å²) in [4.78, 5) is 0. The van der Waals surface area contributed by atoms with E-state index in [0.29, 0.717) is 12.3 Å². The monoisotopic (exact) mass is 181 g/mol. The Morgan fingerprint density at radius 2 is 1.85 bits per heavy atom. The molecule has 3 nitrogen and oxygen atoms in total. The van der Waals surface area contributed by atoms with Crippen LogP contribution in [0.1, 0.15) is 33.1 Å². The topological polar surface area (TPSA) is 42.2 Å². The van der Waals surface area contributed by atoms with Gasteiger partial charge in [0.05, 0.1) is 18.3 Å². The summed E-state index contributed by atoms with van der Waals surface area (Å²) in [6.45, 7) is 3.90. The molecule has 0 aromatic carbocycles. The third-order valence-electron chi connectivity index (χ3n) is 2.80. The van der Waals surface area contributed by atoms with Gasteiger partial charge in [-0.3, -0.25) is 0 Å². The van der Waals surface area contributed by atoms with Crippen molar-refractivity contribution in [3.05, 3.63) is 0 Å². The molecule has 0 amide bonds. The number of nitrogens with zero attached hydrogens (tertiary/aromatic N) is 1. The molecule has 0 spiro atoms. The lowest BCUT2D eigenvalue weighted by Gasteiger charge is -2.19. The minimum absolute atomic E-state index is 0.230. The van der Waals surface area contributed by atoms with Crippen molar-refractivity contribution in [1.29, 1.82) is 5.26 Å². The second-order valence-corrected chi connectivity index (χ2v) is 4.41. The van der Waals surface area contributed by atoms with Gasteiger partial charge in [0.25, 0.3) is 0 Å². The van der Waals surface area contributed by atoms with Gasteiger partial charge in [-0.05, 0) is 32.6 Å². The molecule has 2 fully saturated rings. The standard InChI is InChI=1S/C10H15NO2/c1-10(2)12-8-5-7(3-4-11)6-9(8)13-10/h7-9H,3,5-6H2,1-2H3/t7?,8-,9+. The molecule has 1 aliphatic heterocycles. The Hall–Kier alpha value is -0.590. The van der Waals surface area contributed by atoms with E-state index in [1.165, 1.54) is 0 Å². The SMILES string of the molecule is CC1(C)O[C@H]2CC(CC#N)C[C@H]2O1. The first-order chi connectivity index (χ1) is 6.11. The molecule has 2 aliphatic rings. The molecular formula is C10H15NO2. The number of ether oxygens (including phenoxy) is 2. The number of nitriles is 1. The van der Waals surface area contributed by atoms with Gasteiger partial charge in [0.15, 0.2) is 5.79 Å². The lowest BCUT2D eigenvalue weighted by Crippen LogP contribution is -2.22. The van der Waals surface area contributed by atoms with E-state index in [0.717, 1.165) is 12.8 Å². The zero-order valence-electron chi connectivity index (χ0n) is 8.12. The molecule has 1 heterocycles. The summed E-state index contributed by atoms with van der Waals surface area (Å²) in [5.41, 5.74) is 0. The third kappa shape index (κ3) is 1.70. The maximum absolute atomic E-state index is 8.56. The number of rotatable bonds is 1. The first-order valence-corrected chi connectivity index (χ1v) is 4.83. The molecule has 13 heavy (non-hydrogen) atoms. The highest BCUT2D eigenvalue weighted by molar-refractivity contribution is 4.94. The molecule has 0 radical (unpaired) electrons. The normalized spacial score (nSPS) is 41.5. The third-order valence-corrected chi connectivity index (χ3v) is 2.80. The van der Waals surface area contributed by atoms with Crippen LogP contribution < -0.4 is 0 Å². The Morgan fingerprint density at radius 1 is 1.31 bits per heavy atom. The van der Waals surface area contributed by atoms with Crippen LogP contribution in [0, 0.1) is 17.2 Å². The van der Waals surface area contributed by atoms with E-state index in [1.54, 1.807) is 0 Å². The Morgan fingerprint density at radius 3 is 2.31 bits per heavy atom. The van der Waals surface area contributed by atoms with Crippen LogP contribution in [0.4, 0.5) is 0 Å². The molecule has 0 aromatic rings. The van der Waals surface area contributed by atoms with Gasteiger partial charge in [-0.2, -0.15) is 5.26 Å². The Kier molecular flexibility index (Phi) is 2.05. The number of hydrogen-bond acceptors (Lipinski definition) is 3. The van der Waals surface area contributed by atoms with E-state index in [9.17, 15) is 0 Å². The van der Waals surface area contributed by atoms with Crippen molar-refractivity contribution in [2.75, 3.05) is 0 Å². The van der Waals surface area contributed by atoms with Crippen molar-refractivity contribution in [1.82, 2.24) is 0 Å². The Balaban J connectivity index is 1.94. The molecule has 3 atom stereocenters. The minimum atomic E-state index is -0.410. The van der Waals surface area contributed by atoms with Gasteiger partial charge in [-0.15, -0.1) is 0 Å². The van der Waals surface area contributed by atoms with Crippen molar-refractivity contribution in [2.45, 2.75) is 51.1 Å². The summed E-state index contributed by atoms with van der Waals surface area (Å²) >= 11 is 0. The molecule has 2 rings (SSSR count). The van der Waals surface area contributed by atoms with Crippen LogP contribution in [0.25, 0.3) is 0 Å². The largest absolute Gasteiger partial charge is 0.345 e. The number of fused-ring (bicyclic) bond motifs is 1. The van der Waals surface area contributed by atoms with Gasteiger partial charge in [0.1, 0.15) is 0 Å². The molecule has 3 heteroatoms. The Labute approximate surface area is 78.6 Å². The molecule has 1 unspecified atom stereocenters. The second kappa shape index (κ2) is 2.97. The van der Waals surface area contributed by atoms with Crippen molar-refractivity contribution < 1.29 is 9.47 Å². The highest BCUT2D eigenvalue weighted by Crippen LogP contribution is 2.41. The van der Waals surface area contributed by atoms with E-state index >= 15 is 0 Å². The molecule has 0 aromatic heterocycles. The summed E-state index contributed by atoms with van der Waals surface area (Å²) in [7, 11) is 0. The van der Waals surface area contributed by atoms with Gasteiger partial charge >= 0.3 is 0 Å². The minimum Gasteiger partial charge on any atom is -0.345 e.